The van der Waals surface area contributed by atoms with Crippen molar-refractivity contribution in [3.8, 4) is 0 Å². The van der Waals surface area contributed by atoms with E-state index >= 15 is 0 Å². The lowest BCUT2D eigenvalue weighted by Crippen LogP contribution is -2.21. The highest BCUT2D eigenvalue weighted by Crippen LogP contribution is 2.07. The highest BCUT2D eigenvalue weighted by molar-refractivity contribution is 7.17. The summed E-state index contributed by atoms with van der Waals surface area (Å²) in [5.41, 5.74) is 0.782. The molecule has 0 aromatic rings. The van der Waals surface area contributed by atoms with Gasteiger partial charge < -0.3 is 4.90 Å². The van der Waals surface area contributed by atoms with Crippen LogP contribution in [-0.2, 0) is 0 Å². The van der Waals surface area contributed by atoms with Gasteiger partial charge >= 0.3 is 0 Å². The molecule has 0 aliphatic heterocycles. The van der Waals surface area contributed by atoms with Gasteiger partial charge in [-0.15, -0.1) is 9.24 Å². The molecule has 2 heteroatoms. The smallest absolute Gasteiger partial charge is 0.00382 e. The summed E-state index contributed by atoms with van der Waals surface area (Å²) < 4.78 is 0. The van der Waals surface area contributed by atoms with Crippen molar-refractivity contribution in [1.29, 1.82) is 0 Å². The first-order chi connectivity index (χ1) is 4.16. The van der Waals surface area contributed by atoms with Crippen molar-refractivity contribution < 1.29 is 0 Å². The summed E-state index contributed by atoms with van der Waals surface area (Å²) in [5, 5.41) is 0. The molecule has 0 aromatic carbocycles. The Morgan fingerprint density at radius 3 is 2.33 bits per heavy atom. The Labute approximate surface area is 61.0 Å². The molecule has 56 valence electrons. The third-order valence-electron chi connectivity index (χ3n) is 1.26. The first-order valence-corrected chi connectivity index (χ1v) is 4.23. The Morgan fingerprint density at radius 2 is 2.00 bits per heavy atom. The highest BCUT2D eigenvalue weighted by atomic mass is 31.0. The van der Waals surface area contributed by atoms with Crippen LogP contribution in [0.5, 0.6) is 0 Å². The van der Waals surface area contributed by atoms with Crippen molar-refractivity contribution in [1.82, 2.24) is 4.90 Å². The molecule has 1 nitrogen and oxygen atoms in total. The average Bonchev–Trinajstić information content (AvgIpc) is 1.63. The van der Waals surface area contributed by atoms with Gasteiger partial charge in [-0.25, -0.2) is 0 Å². The minimum Gasteiger partial charge on any atom is -0.309 e. The molecule has 0 radical (unpaired) electrons. The van der Waals surface area contributed by atoms with Gasteiger partial charge in [0.1, 0.15) is 0 Å². The molecule has 0 saturated carbocycles. The van der Waals surface area contributed by atoms with Crippen LogP contribution in [0.1, 0.15) is 19.8 Å². The topological polar surface area (TPSA) is 3.24 Å². The number of rotatable bonds is 4. The van der Waals surface area contributed by atoms with E-state index in [0.29, 0.717) is 0 Å². The van der Waals surface area contributed by atoms with Crippen LogP contribution in [0.3, 0.4) is 0 Å². The predicted octanol–water partition coefficient (Wildman–Crippen LogP) is 1.59. The summed E-state index contributed by atoms with van der Waals surface area (Å²) in [4.78, 5) is 2.23. The maximum atomic E-state index is 2.88. The SMILES string of the molecule is CCCC(P)CN(C)C. The lowest BCUT2D eigenvalue weighted by Gasteiger charge is -2.15. The molecule has 0 aliphatic carbocycles. The molecule has 9 heavy (non-hydrogen) atoms. The van der Waals surface area contributed by atoms with E-state index < -0.39 is 0 Å². The van der Waals surface area contributed by atoms with E-state index in [9.17, 15) is 0 Å². The molecular weight excluding hydrogens is 129 g/mol. The molecule has 0 bridgehead atoms. The Morgan fingerprint density at radius 1 is 1.44 bits per heavy atom. The molecule has 0 aliphatic rings. The van der Waals surface area contributed by atoms with Crippen LogP contribution in [0.4, 0.5) is 0 Å². The fourth-order valence-corrected chi connectivity index (χ4v) is 1.69. The summed E-state index contributed by atoms with van der Waals surface area (Å²) >= 11 is 0. The number of nitrogens with zero attached hydrogens (tertiary/aromatic N) is 1. The molecule has 0 fully saturated rings. The Balaban J connectivity index is 3.15. The van der Waals surface area contributed by atoms with Crippen LogP contribution in [0.15, 0.2) is 0 Å². The Bertz CT molecular complexity index is 63.9. The fourth-order valence-electron chi connectivity index (χ4n) is 0.931. The van der Waals surface area contributed by atoms with Crippen LogP contribution in [0.2, 0.25) is 0 Å². The maximum Gasteiger partial charge on any atom is 0.00382 e. The number of hydrogen-bond donors (Lipinski definition) is 0. The van der Waals surface area contributed by atoms with Crippen molar-refractivity contribution >= 4 is 9.24 Å². The maximum absolute atomic E-state index is 2.88. The van der Waals surface area contributed by atoms with Gasteiger partial charge in [-0.05, 0) is 26.2 Å². The minimum atomic E-state index is 0.782. The van der Waals surface area contributed by atoms with E-state index in [4.69, 9.17) is 0 Å². The van der Waals surface area contributed by atoms with Crippen molar-refractivity contribution in [2.75, 3.05) is 20.6 Å². The monoisotopic (exact) mass is 147 g/mol. The van der Waals surface area contributed by atoms with Crippen LogP contribution in [-0.4, -0.2) is 31.2 Å². The molecule has 0 heterocycles. The van der Waals surface area contributed by atoms with Crippen LogP contribution < -0.4 is 0 Å². The molecule has 0 rings (SSSR count). The first kappa shape index (κ1) is 9.39. The summed E-state index contributed by atoms with van der Waals surface area (Å²) in [6.45, 7) is 3.42. The quantitative estimate of drug-likeness (QED) is 0.546. The highest BCUT2D eigenvalue weighted by Gasteiger charge is 2.00. The van der Waals surface area contributed by atoms with Gasteiger partial charge in [-0.3, -0.25) is 0 Å². The van der Waals surface area contributed by atoms with Crippen molar-refractivity contribution in [3.05, 3.63) is 0 Å². The van der Waals surface area contributed by atoms with E-state index in [1.54, 1.807) is 0 Å². The van der Waals surface area contributed by atoms with Crippen molar-refractivity contribution in [3.63, 3.8) is 0 Å². The van der Waals surface area contributed by atoms with E-state index in [1.165, 1.54) is 19.4 Å². The minimum absolute atomic E-state index is 0.782. The molecule has 2 atom stereocenters. The lowest BCUT2D eigenvalue weighted by atomic mass is 10.2. The van der Waals surface area contributed by atoms with Crippen LogP contribution in [0, 0.1) is 0 Å². The largest absolute Gasteiger partial charge is 0.309 e. The van der Waals surface area contributed by atoms with E-state index in [2.05, 4.69) is 35.2 Å². The summed E-state index contributed by atoms with van der Waals surface area (Å²) in [6, 6.07) is 0. The van der Waals surface area contributed by atoms with E-state index in [-0.39, 0.29) is 0 Å². The normalized spacial score (nSPS) is 14.3. The zero-order chi connectivity index (χ0) is 7.28. The average molecular weight is 147 g/mol. The second-order valence-electron chi connectivity index (χ2n) is 2.81. The van der Waals surface area contributed by atoms with E-state index in [1.807, 2.05) is 0 Å². The second kappa shape index (κ2) is 5.20. The Kier molecular flexibility index (Phi) is 5.42. The third-order valence-corrected chi connectivity index (χ3v) is 1.80. The summed E-state index contributed by atoms with van der Waals surface area (Å²) in [5.74, 6) is 0. The first-order valence-electron chi connectivity index (χ1n) is 3.57. The van der Waals surface area contributed by atoms with Crippen molar-refractivity contribution in [2.24, 2.45) is 0 Å². The van der Waals surface area contributed by atoms with Gasteiger partial charge in [0.2, 0.25) is 0 Å². The van der Waals surface area contributed by atoms with Crippen LogP contribution in [0.25, 0.3) is 0 Å². The van der Waals surface area contributed by atoms with Crippen LogP contribution >= 0.6 is 9.24 Å². The molecule has 0 aromatic heterocycles. The van der Waals surface area contributed by atoms with Gasteiger partial charge in [0, 0.05) is 6.54 Å². The van der Waals surface area contributed by atoms with E-state index in [0.717, 1.165) is 5.66 Å². The molecule has 0 saturated heterocycles. The lowest BCUT2D eigenvalue weighted by molar-refractivity contribution is 0.399. The standard InChI is InChI=1S/C7H18NP/c1-4-5-7(9)6-8(2)3/h7H,4-6,9H2,1-3H3. The molecule has 2 unspecified atom stereocenters. The van der Waals surface area contributed by atoms with Crippen molar-refractivity contribution in [2.45, 2.75) is 25.4 Å². The van der Waals surface area contributed by atoms with Gasteiger partial charge in [-0.1, -0.05) is 13.3 Å². The fraction of sp³-hybridized carbons (Fsp3) is 1.00. The second-order valence-corrected chi connectivity index (χ2v) is 3.75. The molecule has 0 N–H and O–H groups in total. The third kappa shape index (κ3) is 6.27. The molecular formula is C7H18NP. The van der Waals surface area contributed by atoms with Gasteiger partial charge in [0.05, 0.1) is 0 Å². The van der Waals surface area contributed by atoms with Gasteiger partial charge in [0.25, 0.3) is 0 Å². The summed E-state index contributed by atoms with van der Waals surface area (Å²) in [7, 11) is 7.12. The zero-order valence-electron chi connectivity index (χ0n) is 6.72. The van der Waals surface area contributed by atoms with Gasteiger partial charge in [-0.2, -0.15) is 0 Å². The molecule has 0 amide bonds. The predicted molar refractivity (Wildman–Crippen MR) is 47.0 cm³/mol. The van der Waals surface area contributed by atoms with Gasteiger partial charge in [0.15, 0.2) is 0 Å². The molecule has 0 spiro atoms. The summed E-state index contributed by atoms with van der Waals surface area (Å²) in [6.07, 6.45) is 2.62. The Hall–Kier alpha value is 0.390. The number of hydrogen-bond acceptors (Lipinski definition) is 1. The zero-order valence-corrected chi connectivity index (χ0v) is 7.88.